The highest BCUT2D eigenvalue weighted by Crippen LogP contribution is 2.32. The minimum atomic E-state index is -3.39. The summed E-state index contributed by atoms with van der Waals surface area (Å²) in [6, 6.07) is 7.86. The minimum absolute atomic E-state index is 0.126. The van der Waals surface area contributed by atoms with Gasteiger partial charge in [0.25, 0.3) is 0 Å². The van der Waals surface area contributed by atoms with Crippen LogP contribution in [0.15, 0.2) is 29.2 Å². The van der Waals surface area contributed by atoms with E-state index in [4.69, 9.17) is 0 Å². The lowest BCUT2D eigenvalue weighted by molar-refractivity contribution is 0.136. The fourth-order valence-electron chi connectivity index (χ4n) is 4.06. The molecule has 2 fully saturated rings. The van der Waals surface area contributed by atoms with Crippen molar-refractivity contribution in [2.45, 2.75) is 62.9 Å². The van der Waals surface area contributed by atoms with E-state index < -0.39 is 10.0 Å². The first kappa shape index (κ1) is 17.9. The Balaban J connectivity index is 1.65. The summed E-state index contributed by atoms with van der Waals surface area (Å²) in [5, 5.41) is 0. The summed E-state index contributed by atoms with van der Waals surface area (Å²) < 4.78 is 27.4. The van der Waals surface area contributed by atoms with E-state index in [1.165, 1.54) is 25.9 Å². The van der Waals surface area contributed by atoms with Gasteiger partial charge in [0.05, 0.1) is 4.90 Å². The van der Waals surface area contributed by atoms with Gasteiger partial charge in [-0.15, -0.1) is 0 Å². The number of benzene rings is 1. The Morgan fingerprint density at radius 3 is 2.29 bits per heavy atom. The molecule has 1 aliphatic carbocycles. The maximum atomic E-state index is 12.9. The Morgan fingerprint density at radius 1 is 1.04 bits per heavy atom. The summed E-state index contributed by atoms with van der Waals surface area (Å²) >= 11 is 0. The number of hydrogen-bond donors (Lipinski definition) is 0. The average Bonchev–Trinajstić information content (AvgIpc) is 3.05. The number of rotatable bonds is 4. The van der Waals surface area contributed by atoms with Gasteiger partial charge < -0.3 is 4.90 Å². The van der Waals surface area contributed by atoms with Crippen molar-refractivity contribution >= 4 is 10.0 Å². The molecule has 0 bridgehead atoms. The molecule has 0 N–H and O–H groups in total. The van der Waals surface area contributed by atoms with Gasteiger partial charge in [-0.2, -0.15) is 4.31 Å². The van der Waals surface area contributed by atoms with Crippen LogP contribution in [-0.2, 0) is 10.0 Å². The topological polar surface area (TPSA) is 40.6 Å². The Morgan fingerprint density at radius 2 is 1.67 bits per heavy atom. The largest absolute Gasteiger partial charge is 0.300 e. The molecule has 0 aromatic heterocycles. The minimum Gasteiger partial charge on any atom is -0.300 e. The molecule has 1 heterocycles. The number of piperidine rings is 1. The molecule has 2 aliphatic rings. The van der Waals surface area contributed by atoms with Gasteiger partial charge in [-0.05, 0) is 70.2 Å². The van der Waals surface area contributed by atoms with Crippen LogP contribution in [0.2, 0.25) is 0 Å². The third-order valence-electron chi connectivity index (χ3n) is 5.92. The molecular weight excluding hydrogens is 320 g/mol. The number of hydrogen-bond acceptors (Lipinski definition) is 3. The number of likely N-dealkylation sites (tertiary alicyclic amines) is 1. The van der Waals surface area contributed by atoms with Crippen molar-refractivity contribution in [1.29, 1.82) is 0 Å². The lowest BCUT2D eigenvalue weighted by atomic mass is 9.97. The lowest BCUT2D eigenvalue weighted by Crippen LogP contribution is -2.41. The third-order valence-corrected chi connectivity index (χ3v) is 7.85. The van der Waals surface area contributed by atoms with Gasteiger partial charge in [-0.1, -0.05) is 24.6 Å². The van der Waals surface area contributed by atoms with Crippen molar-refractivity contribution in [3.05, 3.63) is 29.8 Å². The van der Waals surface area contributed by atoms with E-state index in [2.05, 4.69) is 11.8 Å². The number of nitrogens with zero attached hydrogens (tertiary/aromatic N) is 2. The first-order chi connectivity index (χ1) is 11.4. The average molecular weight is 351 g/mol. The van der Waals surface area contributed by atoms with Crippen molar-refractivity contribution in [1.82, 2.24) is 9.21 Å². The zero-order valence-electron chi connectivity index (χ0n) is 15.1. The van der Waals surface area contributed by atoms with Crippen molar-refractivity contribution in [3.63, 3.8) is 0 Å². The Hall–Kier alpha value is -0.910. The fourth-order valence-corrected chi connectivity index (χ4v) is 5.46. The monoisotopic (exact) mass is 350 g/mol. The Bertz CT molecular complexity index is 648. The molecule has 4 nitrogen and oxygen atoms in total. The first-order valence-electron chi connectivity index (χ1n) is 9.16. The predicted molar refractivity (Wildman–Crippen MR) is 97.5 cm³/mol. The van der Waals surface area contributed by atoms with E-state index in [-0.39, 0.29) is 6.04 Å². The molecule has 0 amide bonds. The highest BCUT2D eigenvalue weighted by Gasteiger charge is 2.36. The van der Waals surface area contributed by atoms with E-state index >= 15 is 0 Å². The summed E-state index contributed by atoms with van der Waals surface area (Å²) in [4.78, 5) is 3.00. The number of sulfonamides is 1. The van der Waals surface area contributed by atoms with Crippen LogP contribution in [0.1, 0.15) is 44.6 Å². The van der Waals surface area contributed by atoms with Gasteiger partial charge in [0.1, 0.15) is 0 Å². The summed E-state index contributed by atoms with van der Waals surface area (Å²) in [6.07, 6.45) is 5.61. The van der Waals surface area contributed by atoms with Crippen LogP contribution in [0.3, 0.4) is 0 Å². The second-order valence-electron chi connectivity index (χ2n) is 7.67. The summed E-state index contributed by atoms with van der Waals surface area (Å²) in [5.74, 6) is 0.836. The van der Waals surface area contributed by atoms with E-state index in [0.29, 0.717) is 10.9 Å². The smallest absolute Gasteiger partial charge is 0.243 e. The van der Waals surface area contributed by atoms with E-state index in [1.807, 2.05) is 19.1 Å². The second kappa shape index (κ2) is 7.14. The SMILES string of the molecule is Cc1ccc(S(=O)(=O)N(C)C2CCC(N3CCC(C)CC3)C2)cc1. The molecule has 5 heteroatoms. The van der Waals surface area contributed by atoms with Crippen LogP contribution in [0, 0.1) is 12.8 Å². The molecule has 0 spiro atoms. The zero-order valence-corrected chi connectivity index (χ0v) is 15.9. The number of aryl methyl sites for hydroxylation is 1. The second-order valence-corrected chi connectivity index (χ2v) is 9.67. The predicted octanol–water partition coefficient (Wildman–Crippen LogP) is 3.27. The quantitative estimate of drug-likeness (QED) is 0.837. The molecule has 3 rings (SSSR count). The summed E-state index contributed by atoms with van der Waals surface area (Å²) in [7, 11) is -1.64. The highest BCUT2D eigenvalue weighted by atomic mass is 32.2. The van der Waals surface area contributed by atoms with Crippen LogP contribution in [-0.4, -0.2) is 49.8 Å². The Kier molecular flexibility index (Phi) is 5.33. The molecule has 2 atom stereocenters. The molecule has 24 heavy (non-hydrogen) atoms. The maximum Gasteiger partial charge on any atom is 0.243 e. The van der Waals surface area contributed by atoms with Crippen molar-refractivity contribution in [3.8, 4) is 0 Å². The van der Waals surface area contributed by atoms with Gasteiger partial charge >= 0.3 is 0 Å². The van der Waals surface area contributed by atoms with Crippen LogP contribution < -0.4 is 0 Å². The van der Waals surface area contributed by atoms with Gasteiger partial charge in [0.15, 0.2) is 0 Å². The normalized spacial score (nSPS) is 27.0. The van der Waals surface area contributed by atoms with E-state index in [1.54, 1.807) is 23.5 Å². The molecule has 1 aliphatic heterocycles. The highest BCUT2D eigenvalue weighted by molar-refractivity contribution is 7.89. The third kappa shape index (κ3) is 3.68. The van der Waals surface area contributed by atoms with Crippen LogP contribution >= 0.6 is 0 Å². The van der Waals surface area contributed by atoms with E-state index in [0.717, 1.165) is 30.7 Å². The molecular formula is C19H30N2O2S. The molecule has 134 valence electrons. The van der Waals surface area contributed by atoms with Crippen LogP contribution in [0.25, 0.3) is 0 Å². The standard InChI is InChI=1S/C19H30N2O2S/c1-15-4-8-19(9-5-15)24(22,23)20(3)17-6-7-18(14-17)21-12-10-16(2)11-13-21/h4-5,8-9,16-18H,6-7,10-14H2,1-3H3. The van der Waals surface area contributed by atoms with Crippen molar-refractivity contribution in [2.24, 2.45) is 5.92 Å². The molecule has 2 unspecified atom stereocenters. The summed E-state index contributed by atoms with van der Waals surface area (Å²) in [6.45, 7) is 6.65. The van der Waals surface area contributed by atoms with Gasteiger partial charge in [0.2, 0.25) is 10.0 Å². The zero-order chi connectivity index (χ0) is 17.3. The maximum absolute atomic E-state index is 12.9. The molecule has 0 radical (unpaired) electrons. The van der Waals surface area contributed by atoms with Crippen LogP contribution in [0.5, 0.6) is 0 Å². The van der Waals surface area contributed by atoms with Crippen molar-refractivity contribution in [2.75, 3.05) is 20.1 Å². The first-order valence-corrected chi connectivity index (χ1v) is 10.6. The van der Waals surface area contributed by atoms with Gasteiger partial charge in [-0.3, -0.25) is 0 Å². The lowest BCUT2D eigenvalue weighted by Gasteiger charge is -2.35. The molecule has 1 aromatic rings. The molecule has 1 saturated heterocycles. The fraction of sp³-hybridized carbons (Fsp3) is 0.684. The molecule has 1 saturated carbocycles. The van der Waals surface area contributed by atoms with Gasteiger partial charge in [0, 0.05) is 19.1 Å². The Labute approximate surface area is 146 Å². The molecule has 1 aromatic carbocycles. The van der Waals surface area contributed by atoms with Crippen molar-refractivity contribution < 1.29 is 8.42 Å². The van der Waals surface area contributed by atoms with Crippen LogP contribution in [0.4, 0.5) is 0 Å². The van der Waals surface area contributed by atoms with Gasteiger partial charge in [-0.25, -0.2) is 8.42 Å². The summed E-state index contributed by atoms with van der Waals surface area (Å²) in [5.41, 5.74) is 1.08. The van der Waals surface area contributed by atoms with E-state index in [9.17, 15) is 8.42 Å².